The lowest BCUT2D eigenvalue weighted by Crippen LogP contribution is -2.01. The SMILES string of the molecule is COC(=O)c1cc(N=O)cc(-c2nc3ncccc3o2)c1. The van der Waals surface area contributed by atoms with E-state index in [9.17, 15) is 9.70 Å². The van der Waals surface area contributed by atoms with E-state index in [4.69, 9.17) is 4.42 Å². The van der Waals surface area contributed by atoms with Crippen LogP contribution in [0.1, 0.15) is 10.4 Å². The molecule has 0 amide bonds. The Hall–Kier alpha value is -3.09. The van der Waals surface area contributed by atoms with Crippen LogP contribution in [0.4, 0.5) is 5.69 Å². The molecule has 7 nitrogen and oxygen atoms in total. The van der Waals surface area contributed by atoms with Crippen LogP contribution in [0.25, 0.3) is 22.7 Å². The molecule has 0 unspecified atom stereocenters. The van der Waals surface area contributed by atoms with Crippen LogP contribution in [0, 0.1) is 4.91 Å². The van der Waals surface area contributed by atoms with Gasteiger partial charge in [0.15, 0.2) is 11.2 Å². The zero-order chi connectivity index (χ0) is 14.8. The molecular formula is C14H9N3O4. The van der Waals surface area contributed by atoms with Crippen LogP contribution < -0.4 is 0 Å². The third kappa shape index (κ3) is 2.36. The monoisotopic (exact) mass is 283 g/mol. The molecule has 7 heteroatoms. The van der Waals surface area contributed by atoms with Crippen molar-refractivity contribution in [2.45, 2.75) is 0 Å². The minimum absolute atomic E-state index is 0.0862. The van der Waals surface area contributed by atoms with Crippen molar-refractivity contribution >= 4 is 22.9 Å². The standard InChI is InChI=1S/C14H9N3O4/c1-20-14(18)9-5-8(6-10(7-9)17-19)13-16-12-11(21-13)3-2-4-15-12/h2-7H,1H3. The van der Waals surface area contributed by atoms with E-state index in [0.29, 0.717) is 16.8 Å². The van der Waals surface area contributed by atoms with Crippen molar-refractivity contribution in [3.8, 4) is 11.5 Å². The van der Waals surface area contributed by atoms with Crippen LogP contribution in [0.2, 0.25) is 0 Å². The number of oxazole rings is 1. The Morgan fingerprint density at radius 3 is 2.90 bits per heavy atom. The molecule has 0 aliphatic rings. The molecule has 3 aromatic rings. The van der Waals surface area contributed by atoms with Gasteiger partial charge in [0, 0.05) is 11.8 Å². The summed E-state index contributed by atoms with van der Waals surface area (Å²) < 4.78 is 10.2. The summed E-state index contributed by atoms with van der Waals surface area (Å²) in [4.78, 5) is 30.6. The lowest BCUT2D eigenvalue weighted by atomic mass is 10.1. The van der Waals surface area contributed by atoms with Gasteiger partial charge in [-0.2, -0.15) is 4.98 Å². The Morgan fingerprint density at radius 2 is 2.19 bits per heavy atom. The van der Waals surface area contributed by atoms with Crippen molar-refractivity contribution in [2.75, 3.05) is 7.11 Å². The van der Waals surface area contributed by atoms with Gasteiger partial charge < -0.3 is 9.15 Å². The van der Waals surface area contributed by atoms with Crippen LogP contribution in [0.5, 0.6) is 0 Å². The normalized spacial score (nSPS) is 10.5. The second kappa shape index (κ2) is 5.12. The smallest absolute Gasteiger partial charge is 0.337 e. The maximum atomic E-state index is 11.6. The van der Waals surface area contributed by atoms with E-state index in [1.807, 2.05) is 0 Å². The first-order valence-electron chi connectivity index (χ1n) is 6.00. The topological polar surface area (TPSA) is 94.7 Å². The Labute approximate surface area is 118 Å². The molecule has 0 atom stereocenters. The zero-order valence-corrected chi connectivity index (χ0v) is 10.9. The number of fused-ring (bicyclic) bond motifs is 1. The van der Waals surface area contributed by atoms with Crippen LogP contribution >= 0.6 is 0 Å². The Kier molecular flexibility index (Phi) is 3.15. The van der Waals surface area contributed by atoms with Crippen LogP contribution in [0.15, 0.2) is 46.1 Å². The molecule has 0 aliphatic carbocycles. The third-order valence-electron chi connectivity index (χ3n) is 2.86. The highest BCUT2D eigenvalue weighted by molar-refractivity contribution is 5.92. The van der Waals surface area contributed by atoms with Crippen molar-refractivity contribution in [3.63, 3.8) is 0 Å². The summed E-state index contributed by atoms with van der Waals surface area (Å²) in [6.45, 7) is 0. The second-order valence-electron chi connectivity index (χ2n) is 4.20. The summed E-state index contributed by atoms with van der Waals surface area (Å²) in [7, 11) is 1.26. The van der Waals surface area contributed by atoms with E-state index < -0.39 is 5.97 Å². The molecule has 0 radical (unpaired) electrons. The van der Waals surface area contributed by atoms with Gasteiger partial charge in [-0.15, -0.1) is 4.91 Å². The second-order valence-corrected chi connectivity index (χ2v) is 4.20. The van der Waals surface area contributed by atoms with Gasteiger partial charge in [-0.25, -0.2) is 9.78 Å². The quantitative estimate of drug-likeness (QED) is 0.541. The van der Waals surface area contributed by atoms with Gasteiger partial charge in [0.05, 0.1) is 12.7 Å². The molecule has 0 fully saturated rings. The van der Waals surface area contributed by atoms with Crippen molar-refractivity contribution in [1.29, 1.82) is 0 Å². The summed E-state index contributed by atoms with van der Waals surface area (Å²) in [6.07, 6.45) is 1.60. The van der Waals surface area contributed by atoms with Gasteiger partial charge in [0.2, 0.25) is 5.89 Å². The number of methoxy groups -OCH3 is 1. The predicted octanol–water partition coefficient (Wildman–Crippen LogP) is 3.07. The highest BCUT2D eigenvalue weighted by Gasteiger charge is 2.14. The summed E-state index contributed by atoms with van der Waals surface area (Å²) in [5.74, 6) is -0.324. The molecule has 2 heterocycles. The summed E-state index contributed by atoms with van der Waals surface area (Å²) in [5, 5.41) is 2.85. The Balaban J connectivity index is 2.16. The maximum absolute atomic E-state index is 11.6. The molecule has 0 bridgehead atoms. The third-order valence-corrected chi connectivity index (χ3v) is 2.86. The van der Waals surface area contributed by atoms with Crippen molar-refractivity contribution in [1.82, 2.24) is 9.97 Å². The van der Waals surface area contributed by atoms with Gasteiger partial charge in [0.25, 0.3) is 0 Å². The minimum Gasteiger partial charge on any atom is -0.465 e. The number of ether oxygens (including phenoxy) is 1. The summed E-state index contributed by atoms with van der Waals surface area (Å²) >= 11 is 0. The van der Waals surface area contributed by atoms with Crippen molar-refractivity contribution in [2.24, 2.45) is 5.18 Å². The molecule has 3 rings (SSSR count). The van der Waals surface area contributed by atoms with Gasteiger partial charge in [-0.3, -0.25) is 0 Å². The number of carbonyl (C=O) groups is 1. The number of esters is 1. The van der Waals surface area contributed by atoms with E-state index in [0.717, 1.165) is 0 Å². The fourth-order valence-corrected chi connectivity index (χ4v) is 1.92. The summed E-state index contributed by atoms with van der Waals surface area (Å²) in [6, 6.07) is 7.78. The van der Waals surface area contributed by atoms with Crippen LogP contribution in [-0.4, -0.2) is 23.0 Å². The molecule has 0 saturated heterocycles. The van der Waals surface area contributed by atoms with Gasteiger partial charge in [-0.1, -0.05) is 0 Å². The number of nitroso groups, excluding NO2 is 1. The zero-order valence-electron chi connectivity index (χ0n) is 10.9. The van der Waals surface area contributed by atoms with Gasteiger partial charge in [0.1, 0.15) is 5.69 Å². The van der Waals surface area contributed by atoms with Crippen LogP contribution in [-0.2, 0) is 4.74 Å². The lowest BCUT2D eigenvalue weighted by molar-refractivity contribution is 0.0601. The number of nitrogens with zero attached hydrogens (tertiary/aromatic N) is 3. The molecule has 0 saturated carbocycles. The maximum Gasteiger partial charge on any atom is 0.337 e. The highest BCUT2D eigenvalue weighted by Crippen LogP contribution is 2.28. The number of benzene rings is 1. The first-order chi connectivity index (χ1) is 10.2. The van der Waals surface area contributed by atoms with E-state index in [1.54, 1.807) is 18.3 Å². The molecule has 104 valence electrons. The Bertz CT molecular complexity index is 808. The van der Waals surface area contributed by atoms with Crippen LogP contribution in [0.3, 0.4) is 0 Å². The van der Waals surface area contributed by atoms with Gasteiger partial charge in [-0.05, 0) is 35.5 Å². The fourth-order valence-electron chi connectivity index (χ4n) is 1.92. The van der Waals surface area contributed by atoms with E-state index in [1.165, 1.54) is 25.3 Å². The molecule has 1 aromatic carbocycles. The minimum atomic E-state index is -0.573. The molecular weight excluding hydrogens is 274 g/mol. The fraction of sp³-hybridized carbons (Fsp3) is 0.0714. The van der Waals surface area contributed by atoms with Crippen molar-refractivity contribution < 1.29 is 13.9 Å². The number of aromatic nitrogens is 2. The number of hydrogen-bond acceptors (Lipinski definition) is 7. The lowest BCUT2D eigenvalue weighted by Gasteiger charge is -2.02. The first kappa shape index (κ1) is 12.9. The highest BCUT2D eigenvalue weighted by atomic mass is 16.5. The molecule has 21 heavy (non-hydrogen) atoms. The van der Waals surface area contributed by atoms with Crippen molar-refractivity contribution in [3.05, 3.63) is 47.0 Å². The molecule has 0 aliphatic heterocycles. The number of hydrogen-bond donors (Lipinski definition) is 0. The molecule has 0 N–H and O–H groups in total. The first-order valence-corrected chi connectivity index (χ1v) is 6.00. The average molecular weight is 283 g/mol. The molecule has 2 aromatic heterocycles. The largest absolute Gasteiger partial charge is 0.465 e. The summed E-state index contributed by atoms with van der Waals surface area (Å²) in [5.41, 5.74) is 1.68. The van der Waals surface area contributed by atoms with E-state index in [2.05, 4.69) is 19.9 Å². The van der Waals surface area contributed by atoms with E-state index in [-0.39, 0.29) is 17.1 Å². The predicted molar refractivity (Wildman–Crippen MR) is 74.0 cm³/mol. The van der Waals surface area contributed by atoms with E-state index >= 15 is 0 Å². The number of carbonyl (C=O) groups excluding carboxylic acids is 1. The number of pyridine rings is 1. The van der Waals surface area contributed by atoms with Gasteiger partial charge >= 0.3 is 5.97 Å². The average Bonchev–Trinajstić information content (AvgIpc) is 2.97. The molecule has 0 spiro atoms. The number of rotatable bonds is 3. The Morgan fingerprint density at radius 1 is 1.33 bits per heavy atom.